The van der Waals surface area contributed by atoms with Crippen LogP contribution < -0.4 is 15.5 Å². The number of nitrogens with one attached hydrogen (secondary N) is 2. The van der Waals surface area contributed by atoms with Crippen LogP contribution in [0.15, 0.2) is 64.6 Å². The number of piperazine rings is 1. The van der Waals surface area contributed by atoms with Gasteiger partial charge in [-0.15, -0.1) is 11.3 Å². The lowest BCUT2D eigenvalue weighted by atomic mass is 10.1. The molecule has 0 saturated carbocycles. The van der Waals surface area contributed by atoms with Gasteiger partial charge in [0.05, 0.1) is 18.8 Å². The van der Waals surface area contributed by atoms with E-state index in [1.54, 1.807) is 17.6 Å². The molecule has 2 aromatic heterocycles. The monoisotopic (exact) mass is 428 g/mol. The second-order valence-electron chi connectivity index (χ2n) is 7.17. The number of urea groups is 1. The average molecular weight is 429 g/mol. The molecular formula is C22H25FN4O2S. The molecule has 2 amide bonds. The maximum atomic E-state index is 13.2. The molecule has 1 aromatic carbocycles. The Labute approximate surface area is 179 Å². The molecule has 0 radical (unpaired) electrons. The van der Waals surface area contributed by atoms with Gasteiger partial charge in [0.25, 0.3) is 0 Å². The van der Waals surface area contributed by atoms with Crippen molar-refractivity contribution in [2.45, 2.75) is 12.6 Å². The molecule has 1 atom stereocenters. The zero-order chi connectivity index (χ0) is 20.8. The second-order valence-corrected chi connectivity index (χ2v) is 8.21. The number of carbonyl (C=O) groups is 1. The fraction of sp³-hybridized carbons (Fsp3) is 0.318. The molecule has 0 bridgehead atoms. The van der Waals surface area contributed by atoms with Gasteiger partial charge in [-0.25, -0.2) is 9.18 Å². The first-order valence-electron chi connectivity index (χ1n) is 10.0. The molecule has 1 aliphatic rings. The van der Waals surface area contributed by atoms with Crippen LogP contribution in [0.3, 0.4) is 0 Å². The smallest absolute Gasteiger partial charge is 0.315 e. The number of carbonyl (C=O) groups excluding carboxylic acids is 1. The highest BCUT2D eigenvalue weighted by atomic mass is 32.1. The highest BCUT2D eigenvalue weighted by Crippen LogP contribution is 2.24. The predicted octanol–water partition coefficient (Wildman–Crippen LogP) is 3.84. The molecule has 3 aromatic rings. The van der Waals surface area contributed by atoms with E-state index in [-0.39, 0.29) is 17.9 Å². The summed E-state index contributed by atoms with van der Waals surface area (Å²) in [4.78, 5) is 17.9. The van der Waals surface area contributed by atoms with Gasteiger partial charge in [-0.2, -0.15) is 0 Å². The molecule has 1 fully saturated rings. The minimum atomic E-state index is -0.223. The predicted molar refractivity (Wildman–Crippen MR) is 116 cm³/mol. The van der Waals surface area contributed by atoms with Crippen LogP contribution in [0.5, 0.6) is 0 Å². The highest BCUT2D eigenvalue weighted by Gasteiger charge is 2.27. The van der Waals surface area contributed by atoms with Crippen LogP contribution in [0.4, 0.5) is 14.9 Å². The van der Waals surface area contributed by atoms with Crippen molar-refractivity contribution < 1.29 is 13.6 Å². The summed E-state index contributed by atoms with van der Waals surface area (Å²) in [6.07, 6.45) is 1.66. The molecule has 0 spiro atoms. The van der Waals surface area contributed by atoms with Gasteiger partial charge in [0.2, 0.25) is 0 Å². The topological polar surface area (TPSA) is 60.8 Å². The van der Waals surface area contributed by atoms with Crippen molar-refractivity contribution in [2.75, 3.05) is 37.6 Å². The van der Waals surface area contributed by atoms with Gasteiger partial charge in [0.1, 0.15) is 11.6 Å². The fourth-order valence-electron chi connectivity index (χ4n) is 3.67. The van der Waals surface area contributed by atoms with Crippen LogP contribution in [0.25, 0.3) is 0 Å². The van der Waals surface area contributed by atoms with Crippen LogP contribution in [0, 0.1) is 5.82 Å². The number of hydrogen-bond acceptors (Lipinski definition) is 5. The van der Waals surface area contributed by atoms with Gasteiger partial charge < -0.3 is 20.0 Å². The number of amides is 2. The number of benzene rings is 1. The van der Waals surface area contributed by atoms with Crippen molar-refractivity contribution in [1.82, 2.24) is 15.5 Å². The Kier molecular flexibility index (Phi) is 6.66. The number of furan rings is 1. The number of thiophene rings is 1. The Morgan fingerprint density at radius 2 is 1.87 bits per heavy atom. The van der Waals surface area contributed by atoms with E-state index in [4.69, 9.17) is 4.42 Å². The minimum absolute atomic E-state index is 0.0390. The normalized spacial score (nSPS) is 15.7. The molecule has 158 valence electrons. The standard InChI is InChI=1S/C22H25FN4O2S/c23-17-5-7-18(8-6-17)26-9-11-27(12-10-26)20(21-4-1-13-29-21)16-25-22(28)24-15-19-3-2-14-30-19/h1-8,13-14,20H,9-12,15-16H2,(H2,24,25,28). The van der Waals surface area contributed by atoms with Crippen molar-refractivity contribution in [2.24, 2.45) is 0 Å². The summed E-state index contributed by atoms with van der Waals surface area (Å²) in [5.74, 6) is 0.613. The zero-order valence-corrected chi connectivity index (χ0v) is 17.4. The molecular weight excluding hydrogens is 403 g/mol. The van der Waals surface area contributed by atoms with E-state index in [1.807, 2.05) is 41.8 Å². The minimum Gasteiger partial charge on any atom is -0.468 e. The highest BCUT2D eigenvalue weighted by molar-refractivity contribution is 7.09. The van der Waals surface area contributed by atoms with Crippen LogP contribution >= 0.6 is 11.3 Å². The lowest BCUT2D eigenvalue weighted by Gasteiger charge is -2.39. The first kappa shape index (κ1) is 20.4. The van der Waals surface area contributed by atoms with Gasteiger partial charge in [-0.1, -0.05) is 6.07 Å². The summed E-state index contributed by atoms with van der Waals surface area (Å²) in [5, 5.41) is 7.87. The van der Waals surface area contributed by atoms with Crippen molar-refractivity contribution in [3.63, 3.8) is 0 Å². The summed E-state index contributed by atoms with van der Waals surface area (Å²) in [5.41, 5.74) is 1.02. The Hall–Kier alpha value is -2.84. The van der Waals surface area contributed by atoms with Gasteiger partial charge in [0.15, 0.2) is 0 Å². The first-order chi connectivity index (χ1) is 14.7. The maximum Gasteiger partial charge on any atom is 0.315 e. The third kappa shape index (κ3) is 5.20. The van der Waals surface area contributed by atoms with E-state index in [0.717, 1.165) is 42.5 Å². The van der Waals surface area contributed by atoms with E-state index in [9.17, 15) is 9.18 Å². The molecule has 2 N–H and O–H groups in total. The average Bonchev–Trinajstić information content (AvgIpc) is 3.48. The summed E-state index contributed by atoms with van der Waals surface area (Å²) >= 11 is 1.62. The largest absolute Gasteiger partial charge is 0.468 e. The molecule has 8 heteroatoms. The Balaban J connectivity index is 1.32. The summed E-state index contributed by atoms with van der Waals surface area (Å²) in [7, 11) is 0. The number of halogens is 1. The van der Waals surface area contributed by atoms with Gasteiger partial charge in [-0.3, -0.25) is 4.90 Å². The fourth-order valence-corrected chi connectivity index (χ4v) is 4.31. The quantitative estimate of drug-likeness (QED) is 0.600. The third-order valence-electron chi connectivity index (χ3n) is 5.28. The molecule has 30 heavy (non-hydrogen) atoms. The van der Waals surface area contributed by atoms with E-state index >= 15 is 0 Å². The zero-order valence-electron chi connectivity index (χ0n) is 16.6. The number of hydrogen-bond donors (Lipinski definition) is 2. The number of rotatable bonds is 7. The van der Waals surface area contributed by atoms with Crippen molar-refractivity contribution in [1.29, 1.82) is 0 Å². The molecule has 1 aliphatic heterocycles. The van der Waals surface area contributed by atoms with E-state index in [2.05, 4.69) is 20.4 Å². The van der Waals surface area contributed by atoms with E-state index in [1.165, 1.54) is 12.1 Å². The Bertz CT molecular complexity index is 907. The van der Waals surface area contributed by atoms with Crippen LogP contribution in [-0.4, -0.2) is 43.7 Å². The van der Waals surface area contributed by atoms with Gasteiger partial charge in [0, 0.05) is 43.3 Å². The first-order valence-corrected chi connectivity index (χ1v) is 10.9. The van der Waals surface area contributed by atoms with E-state index in [0.29, 0.717) is 13.1 Å². The van der Waals surface area contributed by atoms with Crippen LogP contribution in [0.2, 0.25) is 0 Å². The van der Waals surface area contributed by atoms with Crippen molar-refractivity contribution in [3.8, 4) is 0 Å². The van der Waals surface area contributed by atoms with E-state index < -0.39 is 0 Å². The van der Waals surface area contributed by atoms with Crippen LogP contribution in [0.1, 0.15) is 16.7 Å². The van der Waals surface area contributed by atoms with Gasteiger partial charge in [-0.05, 0) is 47.8 Å². The third-order valence-corrected chi connectivity index (χ3v) is 6.15. The summed E-state index contributed by atoms with van der Waals surface area (Å²) in [6.45, 7) is 4.27. The number of anilines is 1. The molecule has 1 unspecified atom stereocenters. The molecule has 0 aliphatic carbocycles. The SMILES string of the molecule is O=C(NCc1cccs1)NCC(c1ccco1)N1CCN(c2ccc(F)cc2)CC1. The molecule has 6 nitrogen and oxygen atoms in total. The molecule has 3 heterocycles. The molecule has 1 saturated heterocycles. The van der Waals surface area contributed by atoms with Crippen molar-refractivity contribution >= 4 is 23.1 Å². The Morgan fingerprint density at radius 1 is 1.07 bits per heavy atom. The van der Waals surface area contributed by atoms with Crippen LogP contribution in [-0.2, 0) is 6.54 Å². The lowest BCUT2D eigenvalue weighted by Crippen LogP contribution is -2.50. The maximum absolute atomic E-state index is 13.2. The Morgan fingerprint density at radius 3 is 2.53 bits per heavy atom. The van der Waals surface area contributed by atoms with Crippen molar-refractivity contribution in [3.05, 3.63) is 76.6 Å². The summed E-state index contributed by atoms with van der Waals surface area (Å²) < 4.78 is 18.8. The van der Waals surface area contributed by atoms with Gasteiger partial charge >= 0.3 is 6.03 Å². The molecule has 4 rings (SSSR count). The lowest BCUT2D eigenvalue weighted by molar-refractivity contribution is 0.161. The summed E-state index contributed by atoms with van der Waals surface area (Å²) in [6, 6.07) is 14.2. The number of nitrogens with zero attached hydrogens (tertiary/aromatic N) is 2. The second kappa shape index (κ2) is 9.77.